The van der Waals surface area contributed by atoms with E-state index in [-0.39, 0.29) is 17.9 Å². The second-order valence-electron chi connectivity index (χ2n) is 6.94. The zero-order chi connectivity index (χ0) is 24.7. The Labute approximate surface area is 197 Å². The first kappa shape index (κ1) is 26.1. The van der Waals surface area contributed by atoms with Crippen molar-refractivity contribution in [2.45, 2.75) is 58.4 Å². The van der Waals surface area contributed by atoms with Crippen LogP contribution in [0.1, 0.15) is 33.3 Å². The van der Waals surface area contributed by atoms with Crippen molar-refractivity contribution >= 4 is 39.8 Å². The highest BCUT2D eigenvalue weighted by atomic mass is 79.9. The Morgan fingerprint density at radius 1 is 0.939 bits per heavy atom. The molecular formula is C21H22BrNO10. The number of carbonyl (C=O) groups is 4. The second kappa shape index (κ2) is 11.6. The fourth-order valence-electron chi connectivity index (χ4n) is 3.10. The third kappa shape index (κ3) is 7.44. The van der Waals surface area contributed by atoms with Crippen LogP contribution in [0.15, 0.2) is 22.7 Å². The summed E-state index contributed by atoms with van der Waals surface area (Å²) in [5.74, 6) is -2.81. The molecule has 5 unspecified atom stereocenters. The molecule has 0 spiro atoms. The molecule has 33 heavy (non-hydrogen) atoms. The van der Waals surface area contributed by atoms with E-state index in [1.54, 1.807) is 6.07 Å². The Hall–Kier alpha value is -3.17. The van der Waals surface area contributed by atoms with Crippen LogP contribution in [0.2, 0.25) is 0 Å². The highest BCUT2D eigenvalue weighted by molar-refractivity contribution is 9.10. The average molecular weight is 528 g/mol. The first-order valence-corrected chi connectivity index (χ1v) is 10.5. The molecule has 0 radical (unpaired) electrons. The van der Waals surface area contributed by atoms with Gasteiger partial charge in [-0.2, -0.15) is 5.26 Å². The van der Waals surface area contributed by atoms with Gasteiger partial charge in [-0.3, -0.25) is 19.2 Å². The van der Waals surface area contributed by atoms with Crippen LogP contribution in [0.5, 0.6) is 5.75 Å². The van der Waals surface area contributed by atoms with Crippen molar-refractivity contribution < 1.29 is 47.6 Å². The quantitative estimate of drug-likeness (QED) is 0.377. The van der Waals surface area contributed by atoms with Gasteiger partial charge >= 0.3 is 23.9 Å². The SMILES string of the molecule is CC(=O)OCC1OC(Oc2ccc(Br)cc2C#N)C(OC(C)=O)C(OC(C)=O)C1OC(C)=O. The van der Waals surface area contributed by atoms with Crippen molar-refractivity contribution in [2.75, 3.05) is 6.61 Å². The lowest BCUT2D eigenvalue weighted by Gasteiger charge is -2.43. The van der Waals surface area contributed by atoms with E-state index in [9.17, 15) is 24.4 Å². The molecule has 0 amide bonds. The number of benzene rings is 1. The first-order chi connectivity index (χ1) is 15.5. The fourth-order valence-corrected chi connectivity index (χ4v) is 3.46. The predicted molar refractivity (Wildman–Crippen MR) is 111 cm³/mol. The van der Waals surface area contributed by atoms with Gasteiger partial charge in [-0.25, -0.2) is 0 Å². The molecule has 5 atom stereocenters. The standard InChI is InChI=1S/C21H22BrNO10/c1-10(24)28-9-17-18(29-11(2)25)19(30-12(3)26)20(31-13(4)27)21(33-17)32-16-6-5-15(22)7-14(16)8-23/h5-7,17-21H,9H2,1-4H3. The summed E-state index contributed by atoms with van der Waals surface area (Å²) in [6.07, 6.45) is -6.62. The van der Waals surface area contributed by atoms with E-state index < -0.39 is 54.6 Å². The van der Waals surface area contributed by atoms with Crippen LogP contribution in [0.4, 0.5) is 0 Å². The number of halogens is 1. The topological polar surface area (TPSA) is 147 Å². The molecule has 12 heteroatoms. The van der Waals surface area contributed by atoms with Crippen LogP contribution >= 0.6 is 15.9 Å². The lowest BCUT2D eigenvalue weighted by atomic mass is 9.98. The van der Waals surface area contributed by atoms with Crippen LogP contribution in [-0.2, 0) is 42.9 Å². The first-order valence-electron chi connectivity index (χ1n) is 9.68. The van der Waals surface area contributed by atoms with Gasteiger partial charge in [0.05, 0.1) is 5.56 Å². The summed E-state index contributed by atoms with van der Waals surface area (Å²) in [5, 5.41) is 9.43. The van der Waals surface area contributed by atoms with Crippen molar-refractivity contribution in [3.05, 3.63) is 28.2 Å². The molecule has 11 nitrogen and oxygen atoms in total. The molecule has 1 aliphatic heterocycles. The molecule has 0 saturated carbocycles. The van der Waals surface area contributed by atoms with Gasteiger partial charge in [0.2, 0.25) is 12.4 Å². The molecule has 0 aromatic heterocycles. The highest BCUT2D eigenvalue weighted by Gasteiger charge is 2.53. The molecule has 1 saturated heterocycles. The molecule has 1 aromatic rings. The molecule has 1 aromatic carbocycles. The summed E-state index contributed by atoms with van der Waals surface area (Å²) in [6, 6.07) is 6.56. The summed E-state index contributed by atoms with van der Waals surface area (Å²) in [4.78, 5) is 46.8. The van der Waals surface area contributed by atoms with Crippen LogP contribution in [0, 0.1) is 11.3 Å². The summed E-state index contributed by atoms with van der Waals surface area (Å²) in [7, 11) is 0. The minimum atomic E-state index is -1.42. The maximum absolute atomic E-state index is 11.8. The summed E-state index contributed by atoms with van der Waals surface area (Å²) in [6.45, 7) is 4.14. The minimum Gasteiger partial charge on any atom is -0.463 e. The number of rotatable bonds is 7. The molecular weight excluding hydrogens is 506 g/mol. The molecule has 0 bridgehead atoms. The van der Waals surface area contributed by atoms with Crippen LogP contribution < -0.4 is 4.74 Å². The minimum absolute atomic E-state index is 0.0848. The number of carbonyl (C=O) groups excluding carboxylic acids is 4. The van der Waals surface area contributed by atoms with Crippen LogP contribution in [-0.4, -0.2) is 61.2 Å². The Morgan fingerprint density at radius 3 is 2.06 bits per heavy atom. The largest absolute Gasteiger partial charge is 0.463 e. The summed E-state index contributed by atoms with van der Waals surface area (Å²) < 4.78 is 33.2. The van der Waals surface area contributed by atoms with Gasteiger partial charge in [0.1, 0.15) is 24.5 Å². The molecule has 1 fully saturated rings. The number of nitrogens with zero attached hydrogens (tertiary/aromatic N) is 1. The van der Waals surface area contributed by atoms with Crippen molar-refractivity contribution in [2.24, 2.45) is 0 Å². The van der Waals surface area contributed by atoms with Gasteiger partial charge in [-0.15, -0.1) is 0 Å². The molecule has 0 N–H and O–H groups in total. The molecule has 178 valence electrons. The summed E-state index contributed by atoms with van der Waals surface area (Å²) in [5.41, 5.74) is 0.136. The van der Waals surface area contributed by atoms with Gasteiger partial charge in [0, 0.05) is 32.2 Å². The molecule has 0 aliphatic carbocycles. The summed E-state index contributed by atoms with van der Waals surface area (Å²) >= 11 is 3.26. The lowest BCUT2D eigenvalue weighted by molar-refractivity contribution is -0.288. The monoisotopic (exact) mass is 527 g/mol. The number of nitriles is 1. The van der Waals surface area contributed by atoms with E-state index in [0.29, 0.717) is 4.47 Å². The van der Waals surface area contributed by atoms with Crippen molar-refractivity contribution in [3.8, 4) is 11.8 Å². The van der Waals surface area contributed by atoms with Gasteiger partial charge < -0.3 is 28.4 Å². The van der Waals surface area contributed by atoms with Crippen molar-refractivity contribution in [1.29, 1.82) is 5.26 Å². The third-order valence-corrected chi connectivity index (χ3v) is 4.75. The normalized spacial score (nSPS) is 24.1. The molecule has 1 heterocycles. The maximum atomic E-state index is 11.8. The second-order valence-corrected chi connectivity index (χ2v) is 7.85. The van der Waals surface area contributed by atoms with E-state index in [1.165, 1.54) is 19.1 Å². The van der Waals surface area contributed by atoms with Gasteiger partial charge in [-0.05, 0) is 18.2 Å². The smallest absolute Gasteiger partial charge is 0.303 e. The highest BCUT2D eigenvalue weighted by Crippen LogP contribution is 2.32. The zero-order valence-electron chi connectivity index (χ0n) is 18.2. The average Bonchev–Trinajstić information content (AvgIpc) is 2.71. The Morgan fingerprint density at radius 2 is 1.52 bits per heavy atom. The number of hydrogen-bond acceptors (Lipinski definition) is 11. The molecule has 2 rings (SSSR count). The number of ether oxygens (including phenoxy) is 6. The number of esters is 4. The van der Waals surface area contributed by atoms with E-state index in [4.69, 9.17) is 28.4 Å². The van der Waals surface area contributed by atoms with E-state index >= 15 is 0 Å². The third-order valence-electron chi connectivity index (χ3n) is 4.25. The Bertz CT molecular complexity index is 959. The van der Waals surface area contributed by atoms with Crippen LogP contribution in [0.3, 0.4) is 0 Å². The lowest BCUT2D eigenvalue weighted by Crippen LogP contribution is -2.63. The van der Waals surface area contributed by atoms with Gasteiger partial charge in [0.25, 0.3) is 0 Å². The zero-order valence-corrected chi connectivity index (χ0v) is 19.8. The Balaban J connectivity index is 2.51. The fraction of sp³-hybridized carbons (Fsp3) is 0.476. The predicted octanol–water partition coefficient (Wildman–Crippen LogP) is 1.78. The van der Waals surface area contributed by atoms with Gasteiger partial charge in [0.15, 0.2) is 12.2 Å². The van der Waals surface area contributed by atoms with E-state index in [1.807, 2.05) is 6.07 Å². The van der Waals surface area contributed by atoms with Crippen molar-refractivity contribution in [1.82, 2.24) is 0 Å². The van der Waals surface area contributed by atoms with Gasteiger partial charge in [-0.1, -0.05) is 15.9 Å². The van der Waals surface area contributed by atoms with E-state index in [0.717, 1.165) is 20.8 Å². The number of hydrogen-bond donors (Lipinski definition) is 0. The van der Waals surface area contributed by atoms with E-state index in [2.05, 4.69) is 15.9 Å². The maximum Gasteiger partial charge on any atom is 0.303 e. The Kier molecular flexibility index (Phi) is 9.19. The van der Waals surface area contributed by atoms with Crippen molar-refractivity contribution in [3.63, 3.8) is 0 Å². The van der Waals surface area contributed by atoms with Crippen LogP contribution in [0.25, 0.3) is 0 Å². The molecule has 1 aliphatic rings.